The van der Waals surface area contributed by atoms with Crippen LogP contribution < -0.4 is 5.32 Å². The summed E-state index contributed by atoms with van der Waals surface area (Å²) < 4.78 is 7.95. The van der Waals surface area contributed by atoms with E-state index in [-0.39, 0.29) is 12.1 Å². The first-order chi connectivity index (χ1) is 12.2. The third-order valence-electron chi connectivity index (χ3n) is 5.02. The van der Waals surface area contributed by atoms with Crippen LogP contribution in [0.5, 0.6) is 0 Å². The second-order valence-corrected chi connectivity index (χ2v) is 6.70. The van der Waals surface area contributed by atoms with Crippen molar-refractivity contribution in [2.24, 2.45) is 0 Å². The average molecular weight is 337 g/mol. The molecule has 0 spiro atoms. The Hall–Kier alpha value is -2.47. The number of nitrogens with zero attached hydrogens (tertiary/aromatic N) is 4. The van der Waals surface area contributed by atoms with E-state index in [1.54, 1.807) is 10.8 Å². The van der Waals surface area contributed by atoms with Crippen LogP contribution >= 0.6 is 0 Å². The molecule has 1 saturated carbocycles. The summed E-state index contributed by atoms with van der Waals surface area (Å²) in [7, 11) is 0. The molecule has 2 heterocycles. The van der Waals surface area contributed by atoms with Crippen molar-refractivity contribution in [1.82, 2.24) is 19.8 Å². The number of aromatic nitrogens is 4. The van der Waals surface area contributed by atoms with Crippen molar-refractivity contribution in [1.29, 1.82) is 0 Å². The van der Waals surface area contributed by atoms with E-state index in [2.05, 4.69) is 39.7 Å². The second-order valence-electron chi connectivity index (χ2n) is 6.70. The van der Waals surface area contributed by atoms with Crippen molar-refractivity contribution in [3.63, 3.8) is 0 Å². The molecular weight excluding hydrogens is 314 g/mol. The molecule has 1 fully saturated rings. The van der Waals surface area contributed by atoms with Crippen molar-refractivity contribution >= 4 is 11.3 Å². The lowest BCUT2D eigenvalue weighted by Crippen LogP contribution is -2.31. The highest BCUT2D eigenvalue weighted by molar-refractivity contribution is 5.71. The Balaban J connectivity index is 1.52. The Morgan fingerprint density at radius 3 is 2.88 bits per heavy atom. The number of anilines is 1. The number of benzene rings is 1. The van der Waals surface area contributed by atoms with Crippen molar-refractivity contribution in [3.8, 4) is 0 Å². The monoisotopic (exact) mass is 337 g/mol. The summed E-state index contributed by atoms with van der Waals surface area (Å²) in [6.07, 6.45) is 5.20. The Morgan fingerprint density at radius 1 is 1.20 bits per heavy atom. The topological polar surface area (TPSA) is 64.3 Å². The Morgan fingerprint density at radius 2 is 2.04 bits per heavy atom. The van der Waals surface area contributed by atoms with Crippen LogP contribution in [0.15, 0.2) is 36.7 Å². The molecule has 0 aliphatic heterocycles. The SMILES string of the molecule is Cc1nn2cnnc2c(N[C@@H]2CCC[C@H]2OCc2ccccc2)c1C. The Labute approximate surface area is 147 Å². The normalized spacial score (nSPS) is 20.2. The van der Waals surface area contributed by atoms with Gasteiger partial charge in [0.1, 0.15) is 6.33 Å². The third kappa shape index (κ3) is 3.22. The van der Waals surface area contributed by atoms with E-state index in [0.717, 1.165) is 35.4 Å². The number of ether oxygens (including phenoxy) is 1. The lowest BCUT2D eigenvalue weighted by Gasteiger charge is -2.24. The first kappa shape index (κ1) is 16.0. The first-order valence-electron chi connectivity index (χ1n) is 8.81. The van der Waals surface area contributed by atoms with Gasteiger partial charge in [-0.05, 0) is 44.2 Å². The highest BCUT2D eigenvalue weighted by Gasteiger charge is 2.29. The van der Waals surface area contributed by atoms with E-state index in [0.29, 0.717) is 6.61 Å². The molecule has 130 valence electrons. The molecule has 2 atom stereocenters. The predicted octanol–water partition coefficient (Wildman–Crippen LogP) is 3.29. The highest BCUT2D eigenvalue weighted by Crippen LogP contribution is 2.29. The first-order valence-corrected chi connectivity index (χ1v) is 8.81. The van der Waals surface area contributed by atoms with E-state index in [4.69, 9.17) is 4.74 Å². The molecule has 1 aromatic carbocycles. The lowest BCUT2D eigenvalue weighted by molar-refractivity contribution is 0.0395. The second kappa shape index (κ2) is 6.80. The molecule has 1 aliphatic carbocycles. The van der Waals surface area contributed by atoms with Gasteiger partial charge in [0, 0.05) is 0 Å². The molecule has 1 aliphatic rings. The fraction of sp³-hybridized carbons (Fsp3) is 0.421. The quantitative estimate of drug-likeness (QED) is 0.774. The zero-order chi connectivity index (χ0) is 17.2. The van der Waals surface area contributed by atoms with Gasteiger partial charge in [0.15, 0.2) is 0 Å². The number of aryl methyl sites for hydroxylation is 1. The summed E-state index contributed by atoms with van der Waals surface area (Å²) in [5.74, 6) is 0. The fourth-order valence-electron chi connectivity index (χ4n) is 3.48. The summed E-state index contributed by atoms with van der Waals surface area (Å²) in [5.41, 5.74) is 5.11. The molecule has 0 radical (unpaired) electrons. The maximum absolute atomic E-state index is 6.22. The van der Waals surface area contributed by atoms with Gasteiger partial charge in [0.2, 0.25) is 5.65 Å². The number of hydrogen-bond donors (Lipinski definition) is 1. The zero-order valence-electron chi connectivity index (χ0n) is 14.6. The number of nitrogens with one attached hydrogen (secondary N) is 1. The van der Waals surface area contributed by atoms with Crippen LogP contribution in [-0.2, 0) is 11.3 Å². The van der Waals surface area contributed by atoms with E-state index in [1.165, 1.54) is 12.0 Å². The van der Waals surface area contributed by atoms with Crippen LogP contribution in [0, 0.1) is 13.8 Å². The van der Waals surface area contributed by atoms with Crippen molar-refractivity contribution in [2.45, 2.75) is 51.9 Å². The highest BCUT2D eigenvalue weighted by atomic mass is 16.5. The van der Waals surface area contributed by atoms with Crippen LogP contribution in [0.4, 0.5) is 5.69 Å². The largest absolute Gasteiger partial charge is 0.376 e. The average Bonchev–Trinajstić information content (AvgIpc) is 3.27. The zero-order valence-corrected chi connectivity index (χ0v) is 14.6. The molecule has 0 unspecified atom stereocenters. The van der Waals surface area contributed by atoms with Gasteiger partial charge in [-0.3, -0.25) is 0 Å². The van der Waals surface area contributed by atoms with Crippen molar-refractivity contribution in [3.05, 3.63) is 53.5 Å². The summed E-state index contributed by atoms with van der Waals surface area (Å²) >= 11 is 0. The molecule has 0 saturated heterocycles. The molecule has 3 aromatic rings. The maximum Gasteiger partial charge on any atom is 0.200 e. The number of rotatable bonds is 5. The van der Waals surface area contributed by atoms with Gasteiger partial charge >= 0.3 is 0 Å². The van der Waals surface area contributed by atoms with Crippen LogP contribution in [-0.4, -0.2) is 32.0 Å². The third-order valence-corrected chi connectivity index (χ3v) is 5.02. The van der Waals surface area contributed by atoms with E-state index < -0.39 is 0 Å². The van der Waals surface area contributed by atoms with Crippen LogP contribution in [0.2, 0.25) is 0 Å². The predicted molar refractivity (Wildman–Crippen MR) is 96.5 cm³/mol. The summed E-state index contributed by atoms with van der Waals surface area (Å²) in [6, 6.07) is 10.6. The molecule has 0 bridgehead atoms. The van der Waals surface area contributed by atoms with Gasteiger partial charge in [-0.25, -0.2) is 0 Å². The minimum absolute atomic E-state index is 0.205. The minimum atomic E-state index is 0.205. The van der Waals surface area contributed by atoms with Crippen LogP contribution in [0.3, 0.4) is 0 Å². The Bertz CT molecular complexity index is 861. The molecule has 25 heavy (non-hydrogen) atoms. The molecule has 2 aromatic heterocycles. The van der Waals surface area contributed by atoms with Gasteiger partial charge in [-0.1, -0.05) is 30.3 Å². The molecule has 6 heteroatoms. The molecule has 6 nitrogen and oxygen atoms in total. The lowest BCUT2D eigenvalue weighted by atomic mass is 10.1. The summed E-state index contributed by atoms with van der Waals surface area (Å²) in [4.78, 5) is 0. The smallest absolute Gasteiger partial charge is 0.200 e. The fourth-order valence-corrected chi connectivity index (χ4v) is 3.48. The molecular formula is C19H23N5O. The maximum atomic E-state index is 6.22. The van der Waals surface area contributed by atoms with Gasteiger partial charge in [-0.15, -0.1) is 10.2 Å². The Kier molecular flexibility index (Phi) is 4.36. The number of hydrogen-bond acceptors (Lipinski definition) is 5. The van der Waals surface area contributed by atoms with Gasteiger partial charge in [0.05, 0.1) is 30.1 Å². The van der Waals surface area contributed by atoms with Crippen LogP contribution in [0.1, 0.15) is 36.1 Å². The van der Waals surface area contributed by atoms with E-state index in [9.17, 15) is 0 Å². The molecule has 1 N–H and O–H groups in total. The van der Waals surface area contributed by atoms with Gasteiger partial charge < -0.3 is 10.1 Å². The minimum Gasteiger partial charge on any atom is -0.376 e. The summed E-state index contributed by atoms with van der Waals surface area (Å²) in [6.45, 7) is 4.74. The number of fused-ring (bicyclic) bond motifs is 1. The van der Waals surface area contributed by atoms with Gasteiger partial charge in [-0.2, -0.15) is 9.61 Å². The van der Waals surface area contributed by atoms with Gasteiger partial charge in [0.25, 0.3) is 0 Å². The van der Waals surface area contributed by atoms with Crippen LogP contribution in [0.25, 0.3) is 5.65 Å². The van der Waals surface area contributed by atoms with Crippen molar-refractivity contribution in [2.75, 3.05) is 5.32 Å². The summed E-state index contributed by atoms with van der Waals surface area (Å²) in [5, 5.41) is 16.4. The van der Waals surface area contributed by atoms with Crippen molar-refractivity contribution < 1.29 is 4.74 Å². The van der Waals surface area contributed by atoms with E-state index >= 15 is 0 Å². The molecule has 0 amide bonds. The van der Waals surface area contributed by atoms with E-state index in [1.807, 2.05) is 25.1 Å². The standard InChI is InChI=1S/C19H23N5O/c1-13-14(2)23-24-12-20-22-19(24)18(13)21-16-9-6-10-17(16)25-11-15-7-4-3-5-8-15/h3-5,7-8,12,16-17,21H,6,9-11H2,1-2H3/t16-,17-/m1/s1. The molecule has 4 rings (SSSR count).